The molecule has 2 aromatic rings. The van der Waals surface area contributed by atoms with Crippen molar-refractivity contribution in [3.05, 3.63) is 46.3 Å². The molecule has 1 amide bonds. The molecular weight excluding hydrogens is 419 g/mol. The van der Waals surface area contributed by atoms with Gasteiger partial charge in [-0.3, -0.25) is 14.6 Å². The number of nitrogens with zero attached hydrogens (tertiary/aromatic N) is 3. The summed E-state index contributed by atoms with van der Waals surface area (Å²) in [5, 5.41) is 7.12. The van der Waals surface area contributed by atoms with Crippen molar-refractivity contribution in [3.8, 4) is 0 Å². The van der Waals surface area contributed by atoms with E-state index in [1.165, 1.54) is 9.75 Å². The van der Waals surface area contributed by atoms with Crippen molar-refractivity contribution in [1.82, 2.24) is 9.88 Å². The third-order valence-corrected chi connectivity index (χ3v) is 6.17. The molecule has 2 aliphatic heterocycles. The molecule has 30 heavy (non-hydrogen) atoms. The number of carbonyl (C=O) groups excluding carboxylic acids is 1. The monoisotopic (exact) mass is 441 g/mol. The van der Waals surface area contributed by atoms with Crippen LogP contribution in [0.5, 0.6) is 0 Å². The zero-order valence-corrected chi connectivity index (χ0v) is 17.2. The number of halogens is 3. The highest BCUT2D eigenvalue weighted by Gasteiger charge is 2.48. The number of rotatable bonds is 3. The molecule has 10 heteroatoms. The summed E-state index contributed by atoms with van der Waals surface area (Å²) >= 11 is 1.87. The van der Waals surface area contributed by atoms with Gasteiger partial charge in [-0.25, -0.2) is 9.78 Å². The molecule has 0 saturated carbocycles. The van der Waals surface area contributed by atoms with Crippen LogP contribution in [0.3, 0.4) is 0 Å². The normalized spacial score (nSPS) is 21.7. The second-order valence-electron chi connectivity index (χ2n) is 7.62. The van der Waals surface area contributed by atoms with Crippen molar-refractivity contribution in [1.29, 1.82) is 0 Å². The van der Waals surface area contributed by atoms with E-state index >= 15 is 0 Å². The van der Waals surface area contributed by atoms with Crippen molar-refractivity contribution in [2.45, 2.75) is 32.5 Å². The van der Waals surface area contributed by atoms with Gasteiger partial charge in [-0.05, 0) is 44.2 Å². The van der Waals surface area contributed by atoms with Crippen molar-refractivity contribution >= 4 is 29.0 Å². The number of carboxylic acids is 1. The Labute approximate surface area is 175 Å². The maximum absolute atomic E-state index is 12.5. The first-order valence-corrected chi connectivity index (χ1v) is 10.2. The number of anilines is 1. The van der Waals surface area contributed by atoms with Gasteiger partial charge < -0.3 is 5.11 Å². The van der Waals surface area contributed by atoms with E-state index in [-0.39, 0.29) is 11.3 Å². The highest BCUT2D eigenvalue weighted by atomic mass is 32.1. The van der Waals surface area contributed by atoms with E-state index in [1.807, 2.05) is 34.4 Å². The van der Waals surface area contributed by atoms with Crippen molar-refractivity contribution in [2.24, 2.45) is 5.41 Å². The second kappa shape index (κ2) is 8.73. The van der Waals surface area contributed by atoms with Crippen LogP contribution in [0.1, 0.15) is 22.6 Å². The Hall–Kier alpha value is -2.46. The number of thiophene rings is 1. The first-order chi connectivity index (χ1) is 14.1. The molecule has 1 unspecified atom stereocenters. The highest BCUT2D eigenvalue weighted by molar-refractivity contribution is 7.11. The van der Waals surface area contributed by atoms with E-state index < -0.39 is 12.1 Å². The Kier molecular flexibility index (Phi) is 6.47. The average Bonchev–Trinajstić information content (AvgIpc) is 3.35. The van der Waals surface area contributed by atoms with Gasteiger partial charge in [0.15, 0.2) is 0 Å². The first-order valence-electron chi connectivity index (χ1n) is 9.37. The number of aryl methyl sites for hydroxylation is 1. The molecule has 2 saturated heterocycles. The quantitative estimate of drug-likeness (QED) is 0.786. The molecule has 2 fully saturated rings. The molecular formula is C20H22F3N3O3S. The van der Waals surface area contributed by atoms with E-state index in [4.69, 9.17) is 9.90 Å². The number of pyridine rings is 1. The maximum Gasteiger partial charge on any atom is 0.490 e. The van der Waals surface area contributed by atoms with E-state index in [0.717, 1.165) is 38.4 Å². The molecule has 1 atom stereocenters. The molecule has 4 heterocycles. The van der Waals surface area contributed by atoms with Gasteiger partial charge in [-0.2, -0.15) is 13.2 Å². The van der Waals surface area contributed by atoms with Gasteiger partial charge in [0.05, 0.1) is 0 Å². The largest absolute Gasteiger partial charge is 0.490 e. The number of carbonyl (C=O) groups is 2. The van der Waals surface area contributed by atoms with Crippen LogP contribution in [-0.2, 0) is 16.1 Å². The number of aliphatic carboxylic acids is 1. The number of alkyl halides is 3. The summed E-state index contributed by atoms with van der Waals surface area (Å²) in [5.74, 6) is -1.74. The molecule has 0 radical (unpaired) electrons. The molecule has 4 rings (SSSR count). The van der Waals surface area contributed by atoms with Crippen molar-refractivity contribution in [2.75, 3.05) is 24.5 Å². The number of amides is 1. The third-order valence-electron chi connectivity index (χ3n) is 5.18. The van der Waals surface area contributed by atoms with Crippen LogP contribution in [0.15, 0.2) is 36.5 Å². The molecule has 0 aromatic carbocycles. The lowest BCUT2D eigenvalue weighted by Gasteiger charge is -2.23. The summed E-state index contributed by atoms with van der Waals surface area (Å²) in [7, 11) is 0. The van der Waals surface area contributed by atoms with Gasteiger partial charge in [0.2, 0.25) is 5.91 Å². The van der Waals surface area contributed by atoms with Gasteiger partial charge in [-0.1, -0.05) is 6.07 Å². The van der Waals surface area contributed by atoms with E-state index in [0.29, 0.717) is 6.42 Å². The summed E-state index contributed by atoms with van der Waals surface area (Å²) < 4.78 is 31.7. The summed E-state index contributed by atoms with van der Waals surface area (Å²) in [6.45, 7) is 6.07. The SMILES string of the molecule is Cc1ccc(CN2CCC3(CC(=O)N(c4ccccn4)C3)C2)s1.O=C(O)C(F)(F)F. The summed E-state index contributed by atoms with van der Waals surface area (Å²) in [4.78, 5) is 32.9. The predicted molar refractivity (Wildman–Crippen MR) is 106 cm³/mol. The lowest BCUT2D eigenvalue weighted by molar-refractivity contribution is -0.192. The average molecular weight is 441 g/mol. The van der Waals surface area contributed by atoms with Crippen molar-refractivity contribution < 1.29 is 27.9 Å². The minimum Gasteiger partial charge on any atom is -0.475 e. The topological polar surface area (TPSA) is 73.7 Å². The molecule has 1 spiro atoms. The minimum absolute atomic E-state index is 0.112. The number of carboxylic acid groups (broad SMARTS) is 1. The lowest BCUT2D eigenvalue weighted by atomic mass is 9.86. The van der Waals surface area contributed by atoms with Crippen molar-refractivity contribution in [3.63, 3.8) is 0 Å². The number of hydrogen-bond donors (Lipinski definition) is 1. The first kappa shape index (κ1) is 22.2. The lowest BCUT2D eigenvalue weighted by Crippen LogP contribution is -2.31. The highest BCUT2D eigenvalue weighted by Crippen LogP contribution is 2.42. The van der Waals surface area contributed by atoms with Crippen LogP contribution < -0.4 is 4.90 Å². The Morgan fingerprint density at radius 3 is 2.57 bits per heavy atom. The Bertz CT molecular complexity index is 903. The number of aromatic nitrogens is 1. The van der Waals surface area contributed by atoms with Crippen LogP contribution in [0.2, 0.25) is 0 Å². The van der Waals surface area contributed by atoms with Gasteiger partial charge in [0.25, 0.3) is 0 Å². The molecule has 2 aromatic heterocycles. The Morgan fingerprint density at radius 2 is 2.00 bits per heavy atom. The van der Waals surface area contributed by atoms with E-state index in [9.17, 15) is 18.0 Å². The zero-order valence-electron chi connectivity index (χ0n) is 16.4. The fraction of sp³-hybridized carbons (Fsp3) is 0.450. The molecule has 6 nitrogen and oxygen atoms in total. The van der Waals surface area contributed by atoms with E-state index in [2.05, 4.69) is 28.9 Å². The standard InChI is InChI=1S/C18H21N3OS.C2HF3O2/c1-14-5-6-15(23-14)11-20-9-7-18(12-20)10-17(22)21(13-18)16-4-2-3-8-19-16;3-2(4,5)1(6)7/h2-6,8H,7,9-13H2,1H3;(H,6,7). The van der Waals surface area contributed by atoms with Gasteiger partial charge >= 0.3 is 12.1 Å². The fourth-order valence-electron chi connectivity index (χ4n) is 3.84. The van der Waals surface area contributed by atoms with Crippen LogP contribution >= 0.6 is 11.3 Å². The molecule has 1 N–H and O–H groups in total. The minimum atomic E-state index is -5.08. The zero-order chi connectivity index (χ0) is 21.9. The summed E-state index contributed by atoms with van der Waals surface area (Å²) in [6, 6.07) is 10.2. The summed E-state index contributed by atoms with van der Waals surface area (Å²) in [6.07, 6.45) is -1.57. The Morgan fingerprint density at radius 1 is 1.27 bits per heavy atom. The van der Waals surface area contributed by atoms with Gasteiger partial charge in [0.1, 0.15) is 5.82 Å². The number of hydrogen-bond acceptors (Lipinski definition) is 5. The Balaban J connectivity index is 0.000000318. The molecule has 0 aliphatic carbocycles. The van der Waals surface area contributed by atoms with Crippen LogP contribution in [-0.4, -0.2) is 52.7 Å². The predicted octanol–water partition coefficient (Wildman–Crippen LogP) is 3.71. The molecule has 162 valence electrons. The smallest absolute Gasteiger partial charge is 0.475 e. The summed E-state index contributed by atoms with van der Waals surface area (Å²) in [5.41, 5.74) is 0.112. The van der Waals surface area contributed by atoms with E-state index in [1.54, 1.807) is 6.20 Å². The second-order valence-corrected chi connectivity index (χ2v) is 8.99. The third kappa shape index (κ3) is 5.37. The van der Waals surface area contributed by atoms with Gasteiger partial charge in [-0.15, -0.1) is 11.3 Å². The van der Waals surface area contributed by atoms with Crippen LogP contribution in [0.4, 0.5) is 19.0 Å². The molecule has 0 bridgehead atoms. The number of likely N-dealkylation sites (tertiary alicyclic amines) is 1. The fourth-order valence-corrected chi connectivity index (χ4v) is 4.78. The van der Waals surface area contributed by atoms with Crippen LogP contribution in [0.25, 0.3) is 0 Å². The van der Waals surface area contributed by atoms with Gasteiger partial charge in [0, 0.05) is 47.4 Å². The van der Waals surface area contributed by atoms with Crippen LogP contribution in [0, 0.1) is 12.3 Å². The molecule has 2 aliphatic rings. The maximum atomic E-state index is 12.5.